The number of rotatable bonds is 13. The highest BCUT2D eigenvalue weighted by molar-refractivity contribution is 7.91. The van der Waals surface area contributed by atoms with Crippen LogP contribution in [0.3, 0.4) is 0 Å². The minimum atomic E-state index is -4.04. The molecule has 15 heteroatoms. The van der Waals surface area contributed by atoms with Crippen molar-refractivity contribution in [1.82, 2.24) is 10.6 Å². The van der Waals surface area contributed by atoms with E-state index in [1.54, 1.807) is 0 Å². The lowest BCUT2D eigenvalue weighted by atomic mass is 10.1. The van der Waals surface area contributed by atoms with E-state index in [4.69, 9.17) is 4.74 Å². The molecule has 1 fully saturated rings. The zero-order valence-corrected chi connectivity index (χ0v) is 23.8. The number of sulfone groups is 2. The summed E-state index contributed by atoms with van der Waals surface area (Å²) < 4.78 is 84.7. The van der Waals surface area contributed by atoms with Gasteiger partial charge in [-0.15, -0.1) is 5.92 Å². The Balaban J connectivity index is 1.79. The molecule has 0 radical (unpaired) electrons. The van der Waals surface area contributed by atoms with Crippen LogP contribution in [0.25, 0.3) is 0 Å². The molecule has 1 saturated carbocycles. The first kappa shape index (κ1) is 31.7. The number of halogens is 2. The first-order valence-corrected chi connectivity index (χ1v) is 15.9. The Morgan fingerprint density at radius 2 is 1.88 bits per heavy atom. The summed E-state index contributed by atoms with van der Waals surface area (Å²) in [5, 5.41) is 25.8. The number of amides is 1. The highest BCUT2D eigenvalue weighted by Crippen LogP contribution is 2.34. The first-order valence-electron chi connectivity index (χ1n) is 12.2. The van der Waals surface area contributed by atoms with Crippen LogP contribution in [-0.4, -0.2) is 59.0 Å². The van der Waals surface area contributed by atoms with Gasteiger partial charge in [-0.1, -0.05) is 5.92 Å². The van der Waals surface area contributed by atoms with Crippen LogP contribution in [0.5, 0.6) is 5.75 Å². The second kappa shape index (κ2) is 12.4. The molecule has 11 nitrogen and oxygen atoms in total. The average molecular weight is 611 g/mol. The van der Waals surface area contributed by atoms with Gasteiger partial charge >= 0.3 is 6.11 Å². The predicted molar refractivity (Wildman–Crippen MR) is 142 cm³/mol. The van der Waals surface area contributed by atoms with Crippen molar-refractivity contribution in [1.29, 1.82) is 5.26 Å². The number of alkyl halides is 2. The third-order valence-corrected chi connectivity index (χ3v) is 8.89. The van der Waals surface area contributed by atoms with Gasteiger partial charge in [-0.3, -0.25) is 10.1 Å². The summed E-state index contributed by atoms with van der Waals surface area (Å²) >= 11 is 0. The van der Waals surface area contributed by atoms with Crippen molar-refractivity contribution in [3.63, 3.8) is 0 Å². The first-order chi connectivity index (χ1) is 19.1. The van der Waals surface area contributed by atoms with Gasteiger partial charge in [0.25, 0.3) is 0 Å². The summed E-state index contributed by atoms with van der Waals surface area (Å²) in [4.78, 5) is 12.9. The Kier molecular flexibility index (Phi) is 9.58. The van der Waals surface area contributed by atoms with Crippen LogP contribution in [0.4, 0.5) is 8.78 Å². The second-order valence-corrected chi connectivity index (χ2v) is 13.8. The van der Waals surface area contributed by atoms with Gasteiger partial charge in [-0.25, -0.2) is 16.8 Å². The van der Waals surface area contributed by atoms with Crippen LogP contribution < -0.4 is 20.1 Å². The number of pyridine rings is 1. The number of nitrogens with one attached hydrogen (secondary N) is 2. The van der Waals surface area contributed by atoms with Crippen molar-refractivity contribution in [3.05, 3.63) is 59.6 Å². The predicted octanol–water partition coefficient (Wildman–Crippen LogP) is 1.08. The molecular formula is C26H28F2N4O7S2. The lowest BCUT2D eigenvalue weighted by Gasteiger charge is -2.26. The topological polar surface area (TPSA) is 169 Å². The number of ether oxygens (including phenoxy) is 1. The maximum atomic E-state index is 15.1. The van der Waals surface area contributed by atoms with Gasteiger partial charge in [0.15, 0.2) is 38.1 Å². The van der Waals surface area contributed by atoms with Crippen molar-refractivity contribution < 1.29 is 39.9 Å². The Labute approximate surface area is 236 Å². The number of carbonyl (C=O) groups is 1. The summed E-state index contributed by atoms with van der Waals surface area (Å²) in [6.45, 7) is 0.723. The molecule has 1 aliphatic rings. The van der Waals surface area contributed by atoms with Crippen LogP contribution in [0.1, 0.15) is 25.3 Å². The van der Waals surface area contributed by atoms with Crippen molar-refractivity contribution in [2.75, 3.05) is 18.6 Å². The molecule has 2 N–H and O–H groups in total. The number of nitriles is 1. The molecule has 2 atom stereocenters. The van der Waals surface area contributed by atoms with E-state index in [1.165, 1.54) is 25.3 Å². The molecule has 1 aromatic carbocycles. The van der Waals surface area contributed by atoms with Crippen LogP contribution in [0.2, 0.25) is 0 Å². The number of aromatic nitrogens is 1. The normalized spacial score (nSPS) is 15.9. The molecule has 1 amide bonds. The van der Waals surface area contributed by atoms with E-state index >= 15 is 8.78 Å². The van der Waals surface area contributed by atoms with Crippen molar-refractivity contribution in [2.45, 2.75) is 48.1 Å². The van der Waals surface area contributed by atoms with Crippen molar-refractivity contribution in [3.8, 4) is 23.7 Å². The molecule has 0 saturated heterocycles. The zero-order valence-electron chi connectivity index (χ0n) is 22.1. The summed E-state index contributed by atoms with van der Waals surface area (Å²) in [6, 6.07) is 7.04. The fraction of sp³-hybridized carbons (Fsp3) is 0.423. The number of nitrogens with zero attached hydrogens (tertiary/aromatic N) is 2. The highest BCUT2D eigenvalue weighted by atomic mass is 32.2. The number of benzene rings is 1. The highest BCUT2D eigenvalue weighted by Gasteiger charge is 2.47. The molecule has 0 spiro atoms. The van der Waals surface area contributed by atoms with E-state index in [0.29, 0.717) is 17.6 Å². The largest absolute Gasteiger partial charge is 0.619 e. The molecule has 2 aromatic rings. The molecular weight excluding hydrogens is 582 g/mol. The summed E-state index contributed by atoms with van der Waals surface area (Å²) in [5.74, 6) is 0.660. The molecule has 1 aromatic heterocycles. The van der Waals surface area contributed by atoms with Crippen LogP contribution in [-0.2, 0) is 30.2 Å². The number of carbonyl (C=O) groups excluding carboxylic acids is 1. The second-order valence-electron chi connectivity index (χ2n) is 9.65. The van der Waals surface area contributed by atoms with Gasteiger partial charge in [-0.2, -0.15) is 18.8 Å². The van der Waals surface area contributed by atoms with E-state index in [0.717, 1.165) is 36.7 Å². The van der Waals surface area contributed by atoms with Crippen molar-refractivity contribution >= 4 is 25.6 Å². The Morgan fingerprint density at radius 1 is 1.22 bits per heavy atom. The van der Waals surface area contributed by atoms with Gasteiger partial charge in [0.05, 0.1) is 28.4 Å². The molecule has 1 aliphatic carbocycles. The van der Waals surface area contributed by atoms with E-state index in [9.17, 15) is 32.1 Å². The molecule has 220 valence electrons. The molecule has 1 heterocycles. The van der Waals surface area contributed by atoms with E-state index < -0.39 is 67.2 Å². The molecule has 0 bridgehead atoms. The number of hydrogen-bond acceptors (Lipinski definition) is 9. The van der Waals surface area contributed by atoms with Crippen LogP contribution in [0, 0.1) is 34.3 Å². The molecule has 0 aliphatic heterocycles. The zero-order chi connectivity index (χ0) is 30.5. The van der Waals surface area contributed by atoms with E-state index in [2.05, 4.69) is 22.5 Å². The Morgan fingerprint density at radius 3 is 2.41 bits per heavy atom. The molecule has 3 rings (SSSR count). The fourth-order valence-corrected chi connectivity index (χ4v) is 6.10. The minimum Gasteiger partial charge on any atom is -0.619 e. The minimum absolute atomic E-state index is 0.0994. The summed E-state index contributed by atoms with van der Waals surface area (Å²) in [7, 11) is -7.60. The van der Waals surface area contributed by atoms with Gasteiger partial charge < -0.3 is 15.3 Å². The van der Waals surface area contributed by atoms with E-state index in [1.807, 2.05) is 6.07 Å². The Bertz CT molecular complexity index is 1590. The van der Waals surface area contributed by atoms with Crippen LogP contribution in [0.15, 0.2) is 53.7 Å². The Hall–Kier alpha value is -3.79. The van der Waals surface area contributed by atoms with Gasteiger partial charge in [0, 0.05) is 24.4 Å². The van der Waals surface area contributed by atoms with Crippen LogP contribution >= 0.6 is 0 Å². The monoisotopic (exact) mass is 610 g/mol. The average Bonchev–Trinajstić information content (AvgIpc) is 3.64. The molecule has 2 unspecified atom stereocenters. The maximum absolute atomic E-state index is 15.1. The van der Waals surface area contributed by atoms with Crippen molar-refractivity contribution in [2.24, 2.45) is 5.92 Å². The lowest BCUT2D eigenvalue weighted by Crippen LogP contribution is -2.52. The third-order valence-electron chi connectivity index (χ3n) is 6.07. The molecule has 41 heavy (non-hydrogen) atoms. The lowest BCUT2D eigenvalue weighted by molar-refractivity contribution is -0.605. The third kappa shape index (κ3) is 9.11. The standard InChI is InChI=1S/C26H28F2N4O7S2/c1-3-5-23(26(27,28)39-21-7-9-22(10-8-21)40(2,35)36)30-14-20(24(33)31-25(18-29)11-12-25)17-41(37,38)16-19-6-4-13-32(34)15-19/h4,6-10,13,15,20,23,30H,11-12,14,16-17H2,1-2H3,(H,31,33). The SMILES string of the molecule is CC#CC(NCC(CS(=O)(=O)Cc1ccc[n+]([O-])c1)C(=O)NC1(C#N)CC1)C(F)(F)Oc1ccc(S(C)(=O)=O)cc1. The van der Waals surface area contributed by atoms with Gasteiger partial charge in [0.2, 0.25) is 5.91 Å². The summed E-state index contributed by atoms with van der Waals surface area (Å²) in [5.41, 5.74) is -0.970. The van der Waals surface area contributed by atoms with Gasteiger partial charge in [-0.05, 0) is 50.1 Å². The number of hydrogen-bond donors (Lipinski definition) is 2. The quantitative estimate of drug-likeness (QED) is 0.191. The maximum Gasteiger partial charge on any atom is 0.425 e. The summed E-state index contributed by atoms with van der Waals surface area (Å²) in [6.07, 6.45) is -0.0705. The van der Waals surface area contributed by atoms with E-state index in [-0.39, 0.29) is 16.2 Å². The fourth-order valence-electron chi connectivity index (χ4n) is 3.79. The van der Waals surface area contributed by atoms with Gasteiger partial charge in [0.1, 0.15) is 11.3 Å². The smallest absolute Gasteiger partial charge is 0.425 e.